The lowest BCUT2D eigenvalue weighted by Crippen LogP contribution is -2.54. The molecule has 3 amide bonds. The van der Waals surface area contributed by atoms with Crippen molar-refractivity contribution in [3.05, 3.63) is 58.6 Å². The number of hydrogen-bond donors (Lipinski definition) is 2. The van der Waals surface area contributed by atoms with Crippen LogP contribution in [0.2, 0.25) is 5.02 Å². The van der Waals surface area contributed by atoms with E-state index in [1.54, 1.807) is 54.4 Å². The predicted octanol–water partition coefficient (Wildman–Crippen LogP) is 4.81. The van der Waals surface area contributed by atoms with Crippen LogP contribution in [0.1, 0.15) is 72.1 Å². The molecule has 5 rings (SSSR count). The molecule has 38 heavy (non-hydrogen) atoms. The van der Waals surface area contributed by atoms with E-state index in [1.165, 1.54) is 19.3 Å². The summed E-state index contributed by atoms with van der Waals surface area (Å²) in [5.74, 6) is -0.0546. The Labute approximate surface area is 228 Å². The summed E-state index contributed by atoms with van der Waals surface area (Å²) in [5, 5.41) is 6.47. The zero-order valence-corrected chi connectivity index (χ0v) is 22.3. The number of anilines is 1. The first-order chi connectivity index (χ1) is 18.4. The van der Waals surface area contributed by atoms with Gasteiger partial charge >= 0.3 is 0 Å². The van der Waals surface area contributed by atoms with Crippen molar-refractivity contribution in [2.24, 2.45) is 0 Å². The smallest absolute Gasteiger partial charge is 0.257 e. The fourth-order valence-electron chi connectivity index (χ4n) is 5.68. The van der Waals surface area contributed by atoms with E-state index < -0.39 is 0 Å². The molecule has 9 heteroatoms. The quantitative estimate of drug-likeness (QED) is 0.568. The van der Waals surface area contributed by atoms with Gasteiger partial charge in [0.05, 0.1) is 24.1 Å². The Bertz CT molecular complexity index is 1200. The van der Waals surface area contributed by atoms with Crippen LogP contribution < -0.4 is 15.4 Å². The zero-order valence-electron chi connectivity index (χ0n) is 21.6. The third kappa shape index (κ3) is 6.13. The van der Waals surface area contributed by atoms with Gasteiger partial charge in [-0.05, 0) is 62.1 Å². The van der Waals surface area contributed by atoms with Crippen LogP contribution >= 0.6 is 11.6 Å². The summed E-state index contributed by atoms with van der Waals surface area (Å²) in [6.45, 7) is 0.268. The lowest BCUT2D eigenvalue weighted by molar-refractivity contribution is -0.134. The number of rotatable bonds is 5. The third-order valence-electron chi connectivity index (χ3n) is 7.74. The van der Waals surface area contributed by atoms with E-state index in [4.69, 9.17) is 21.1 Å². The molecule has 2 aromatic rings. The highest BCUT2D eigenvalue weighted by Crippen LogP contribution is 2.33. The van der Waals surface area contributed by atoms with Crippen molar-refractivity contribution in [3.8, 4) is 5.75 Å². The number of likely N-dealkylation sites (N-methyl/N-ethyl adjacent to an activating group) is 1. The minimum absolute atomic E-state index is 0.0363. The molecule has 2 heterocycles. The van der Waals surface area contributed by atoms with E-state index in [2.05, 4.69) is 10.6 Å². The molecule has 0 aromatic heterocycles. The summed E-state index contributed by atoms with van der Waals surface area (Å²) < 4.78 is 12.4. The number of halogens is 1. The third-order valence-corrected chi connectivity index (χ3v) is 7.97. The largest absolute Gasteiger partial charge is 0.490 e. The van der Waals surface area contributed by atoms with Gasteiger partial charge < -0.3 is 25.0 Å². The van der Waals surface area contributed by atoms with Gasteiger partial charge in [-0.25, -0.2) is 0 Å². The molecule has 8 nitrogen and oxygen atoms in total. The highest BCUT2D eigenvalue weighted by atomic mass is 35.5. The van der Waals surface area contributed by atoms with Crippen LogP contribution in [-0.4, -0.2) is 60.6 Å². The van der Waals surface area contributed by atoms with Crippen LogP contribution in [0.3, 0.4) is 0 Å². The summed E-state index contributed by atoms with van der Waals surface area (Å²) in [5.41, 5.74) is 1.29. The van der Waals surface area contributed by atoms with Crippen LogP contribution in [0.4, 0.5) is 5.69 Å². The first kappa shape index (κ1) is 26.5. The molecule has 0 bridgehead atoms. The molecule has 1 saturated heterocycles. The second-order valence-corrected chi connectivity index (χ2v) is 10.9. The highest BCUT2D eigenvalue weighted by Gasteiger charge is 2.39. The Balaban J connectivity index is 1.24. The molecule has 0 unspecified atom stereocenters. The maximum atomic E-state index is 13.5. The van der Waals surface area contributed by atoms with Gasteiger partial charge in [-0.1, -0.05) is 36.9 Å². The van der Waals surface area contributed by atoms with Crippen LogP contribution in [0.5, 0.6) is 5.75 Å². The molecule has 3 atom stereocenters. The molecule has 202 valence electrons. The van der Waals surface area contributed by atoms with E-state index in [1.807, 2.05) is 0 Å². The van der Waals surface area contributed by atoms with Gasteiger partial charge in [-0.2, -0.15) is 0 Å². The van der Waals surface area contributed by atoms with Gasteiger partial charge in [0.1, 0.15) is 18.5 Å². The number of benzene rings is 2. The molecule has 1 aliphatic carbocycles. The van der Waals surface area contributed by atoms with Crippen molar-refractivity contribution in [2.45, 2.75) is 75.7 Å². The van der Waals surface area contributed by atoms with Crippen LogP contribution in [0, 0.1) is 0 Å². The Kier molecular flexibility index (Phi) is 8.19. The van der Waals surface area contributed by atoms with E-state index in [9.17, 15) is 14.4 Å². The highest BCUT2D eigenvalue weighted by molar-refractivity contribution is 6.31. The summed E-state index contributed by atoms with van der Waals surface area (Å²) in [7, 11) is 1.77. The maximum Gasteiger partial charge on any atom is 0.257 e. The second-order valence-electron chi connectivity index (χ2n) is 10.5. The van der Waals surface area contributed by atoms with Gasteiger partial charge in [-0.15, -0.1) is 0 Å². The predicted molar refractivity (Wildman–Crippen MR) is 145 cm³/mol. The molecule has 2 N–H and O–H groups in total. The van der Waals surface area contributed by atoms with Crippen LogP contribution in [0.25, 0.3) is 0 Å². The van der Waals surface area contributed by atoms with E-state index >= 15 is 0 Å². The minimum Gasteiger partial charge on any atom is -0.490 e. The summed E-state index contributed by atoms with van der Waals surface area (Å²) in [6, 6.07) is 11.8. The van der Waals surface area contributed by atoms with Crippen molar-refractivity contribution < 1.29 is 23.9 Å². The van der Waals surface area contributed by atoms with Crippen molar-refractivity contribution in [1.29, 1.82) is 0 Å². The molecular formula is C29H34ClN3O5. The number of nitrogens with one attached hydrogen (secondary N) is 2. The molecule has 0 spiro atoms. The lowest BCUT2D eigenvalue weighted by Gasteiger charge is -2.42. The number of carbonyl (C=O) groups is 3. The number of carbonyl (C=O) groups excluding carboxylic acids is 3. The summed E-state index contributed by atoms with van der Waals surface area (Å²) >= 11 is 6.01. The topological polar surface area (TPSA) is 97.0 Å². The number of nitrogens with zero attached hydrogens (tertiary/aromatic N) is 1. The zero-order chi connectivity index (χ0) is 26.6. The Morgan fingerprint density at radius 1 is 1.05 bits per heavy atom. The van der Waals surface area contributed by atoms with Crippen molar-refractivity contribution in [3.63, 3.8) is 0 Å². The fraction of sp³-hybridized carbons (Fsp3) is 0.483. The maximum absolute atomic E-state index is 13.5. The number of ether oxygens (including phenoxy) is 2. The summed E-state index contributed by atoms with van der Waals surface area (Å²) in [4.78, 5) is 40.5. The van der Waals surface area contributed by atoms with Crippen molar-refractivity contribution in [2.75, 3.05) is 19.0 Å². The van der Waals surface area contributed by atoms with Crippen molar-refractivity contribution in [1.82, 2.24) is 10.2 Å². The van der Waals surface area contributed by atoms with E-state index in [0.29, 0.717) is 40.4 Å². The lowest BCUT2D eigenvalue weighted by atomic mass is 9.93. The minimum atomic E-state index is -0.333. The molecule has 3 aliphatic rings. The fourth-order valence-corrected chi connectivity index (χ4v) is 5.87. The van der Waals surface area contributed by atoms with E-state index in [-0.39, 0.29) is 48.6 Å². The Hall–Kier alpha value is -3.10. The molecular weight excluding hydrogens is 506 g/mol. The molecule has 0 radical (unpaired) electrons. The molecule has 2 fully saturated rings. The number of fused-ring (bicyclic) bond motifs is 2. The van der Waals surface area contributed by atoms with Gasteiger partial charge in [-0.3, -0.25) is 14.4 Å². The summed E-state index contributed by atoms with van der Waals surface area (Å²) in [6.07, 6.45) is 6.89. The van der Waals surface area contributed by atoms with Gasteiger partial charge in [0, 0.05) is 29.4 Å². The van der Waals surface area contributed by atoms with Crippen molar-refractivity contribution >= 4 is 35.0 Å². The number of amides is 3. The molecule has 2 aliphatic heterocycles. The monoisotopic (exact) mass is 539 g/mol. The van der Waals surface area contributed by atoms with E-state index in [0.717, 1.165) is 19.3 Å². The molecule has 1 saturated carbocycles. The Morgan fingerprint density at radius 3 is 2.66 bits per heavy atom. The number of hydrogen-bond acceptors (Lipinski definition) is 5. The van der Waals surface area contributed by atoms with Crippen LogP contribution in [-0.2, 0) is 9.53 Å². The van der Waals surface area contributed by atoms with Gasteiger partial charge in [0.25, 0.3) is 11.8 Å². The first-order valence-electron chi connectivity index (χ1n) is 13.4. The van der Waals surface area contributed by atoms with Gasteiger partial charge in [0.15, 0.2) is 0 Å². The van der Waals surface area contributed by atoms with Crippen LogP contribution in [0.15, 0.2) is 42.5 Å². The average Bonchev–Trinajstić information content (AvgIpc) is 2.91. The second kappa shape index (κ2) is 11.7. The standard InChI is InChI=1S/C29H34ClN3O5/c1-33-24-12-11-22(16-27(34)31-20-8-3-2-4-9-20)38-26(24)17-37-25-13-10-21(15-23(25)29(33)36)32-28(35)18-6-5-7-19(30)14-18/h5-7,10,13-15,20,22,24,26H,2-4,8-9,11-12,16-17H2,1H3,(H,31,34)(H,32,35)/t22-,24-,26-/m0/s1. The normalized spacial score (nSPS) is 23.8. The SMILES string of the molecule is CN1C(=O)c2cc(NC(=O)c3cccc(Cl)c3)ccc2OC[C@@H]2O[C@H](CC(=O)NC3CCCCC3)CC[C@@H]21. The Morgan fingerprint density at radius 2 is 1.87 bits per heavy atom. The first-order valence-corrected chi connectivity index (χ1v) is 13.8. The molecule has 2 aromatic carbocycles. The van der Waals surface area contributed by atoms with Gasteiger partial charge in [0.2, 0.25) is 5.91 Å². The average molecular weight is 540 g/mol.